The largest absolute Gasteiger partial charge is 0.379 e. The molecule has 0 spiro atoms. The highest BCUT2D eigenvalue weighted by molar-refractivity contribution is 4.77. The lowest BCUT2D eigenvalue weighted by Gasteiger charge is -2.39. The summed E-state index contributed by atoms with van der Waals surface area (Å²) < 4.78 is 5.31. The molecule has 2 fully saturated rings. The maximum absolute atomic E-state index is 5.31. The van der Waals surface area contributed by atoms with Crippen LogP contribution >= 0.6 is 0 Å². The van der Waals surface area contributed by atoms with Gasteiger partial charge < -0.3 is 9.64 Å². The third-order valence-corrected chi connectivity index (χ3v) is 2.98. The summed E-state index contributed by atoms with van der Waals surface area (Å²) in [5, 5.41) is 0. The molecule has 3 heteroatoms. The molecule has 2 aliphatic heterocycles. The van der Waals surface area contributed by atoms with E-state index in [1.807, 2.05) is 0 Å². The molecule has 2 saturated heterocycles. The summed E-state index contributed by atoms with van der Waals surface area (Å²) >= 11 is 0. The summed E-state index contributed by atoms with van der Waals surface area (Å²) in [5.74, 6) is 0.935. The van der Waals surface area contributed by atoms with Crippen LogP contribution in [0.25, 0.3) is 0 Å². The lowest BCUT2D eigenvalue weighted by Crippen LogP contribution is -2.49. The lowest BCUT2D eigenvalue weighted by atomic mass is 10.0. The van der Waals surface area contributed by atoms with Gasteiger partial charge in [-0.25, -0.2) is 0 Å². The highest BCUT2D eigenvalue weighted by atomic mass is 16.5. The predicted molar refractivity (Wildman–Crippen MR) is 52.9 cm³/mol. The van der Waals surface area contributed by atoms with Gasteiger partial charge in [-0.15, -0.1) is 0 Å². The van der Waals surface area contributed by atoms with Gasteiger partial charge in [0.15, 0.2) is 0 Å². The quantitative estimate of drug-likeness (QED) is 0.626. The van der Waals surface area contributed by atoms with Crippen LogP contribution in [0.5, 0.6) is 0 Å². The van der Waals surface area contributed by atoms with Crippen molar-refractivity contribution in [1.82, 2.24) is 9.80 Å². The molecule has 0 aromatic carbocycles. The van der Waals surface area contributed by atoms with Crippen LogP contribution in [0.15, 0.2) is 0 Å². The van der Waals surface area contributed by atoms with Crippen molar-refractivity contribution in [3.05, 3.63) is 0 Å². The number of rotatable bonds is 3. The van der Waals surface area contributed by atoms with Crippen molar-refractivity contribution < 1.29 is 4.74 Å². The Hall–Kier alpha value is -0.120. The number of likely N-dealkylation sites (tertiary alicyclic amines) is 1. The van der Waals surface area contributed by atoms with Crippen LogP contribution in [0.1, 0.15) is 6.92 Å². The van der Waals surface area contributed by atoms with Gasteiger partial charge in [0.1, 0.15) is 0 Å². The van der Waals surface area contributed by atoms with E-state index >= 15 is 0 Å². The third kappa shape index (κ3) is 2.66. The molecule has 0 unspecified atom stereocenters. The number of hydrogen-bond acceptors (Lipinski definition) is 3. The van der Waals surface area contributed by atoms with Crippen molar-refractivity contribution in [2.75, 3.05) is 52.5 Å². The Kier molecular flexibility index (Phi) is 3.19. The van der Waals surface area contributed by atoms with E-state index in [2.05, 4.69) is 16.7 Å². The van der Waals surface area contributed by atoms with Gasteiger partial charge in [-0.3, -0.25) is 4.90 Å². The van der Waals surface area contributed by atoms with Crippen molar-refractivity contribution in [2.45, 2.75) is 6.92 Å². The summed E-state index contributed by atoms with van der Waals surface area (Å²) in [5.41, 5.74) is 0. The van der Waals surface area contributed by atoms with Crippen LogP contribution in [-0.4, -0.2) is 62.3 Å². The Morgan fingerprint density at radius 3 is 2.31 bits per heavy atom. The zero-order valence-corrected chi connectivity index (χ0v) is 8.54. The summed E-state index contributed by atoms with van der Waals surface area (Å²) in [6.45, 7) is 11.5. The Balaban J connectivity index is 1.56. The molecule has 0 saturated carbocycles. The predicted octanol–water partition coefficient (Wildman–Crippen LogP) is 0.270. The van der Waals surface area contributed by atoms with E-state index in [0.717, 1.165) is 32.2 Å². The van der Waals surface area contributed by atoms with E-state index in [0.29, 0.717) is 0 Å². The molecule has 0 radical (unpaired) electrons. The van der Waals surface area contributed by atoms with E-state index in [1.54, 1.807) is 0 Å². The van der Waals surface area contributed by atoms with Crippen molar-refractivity contribution >= 4 is 0 Å². The average molecular weight is 184 g/mol. The molecular weight excluding hydrogens is 164 g/mol. The molecule has 2 aliphatic rings. The lowest BCUT2D eigenvalue weighted by molar-refractivity contribution is 0.0242. The van der Waals surface area contributed by atoms with Crippen LogP contribution in [-0.2, 0) is 4.74 Å². The summed E-state index contributed by atoms with van der Waals surface area (Å²) in [6.07, 6.45) is 0. The van der Waals surface area contributed by atoms with Crippen LogP contribution < -0.4 is 0 Å². The van der Waals surface area contributed by atoms with Crippen molar-refractivity contribution in [3.63, 3.8) is 0 Å². The second kappa shape index (κ2) is 4.40. The molecule has 0 N–H and O–H groups in total. The van der Waals surface area contributed by atoms with Gasteiger partial charge in [0, 0.05) is 39.3 Å². The van der Waals surface area contributed by atoms with Gasteiger partial charge >= 0.3 is 0 Å². The molecule has 0 bridgehead atoms. The van der Waals surface area contributed by atoms with Gasteiger partial charge in [0.05, 0.1) is 13.2 Å². The first-order valence-electron chi connectivity index (χ1n) is 5.37. The van der Waals surface area contributed by atoms with E-state index in [4.69, 9.17) is 4.74 Å². The molecule has 0 amide bonds. The molecule has 0 atom stereocenters. The second-order valence-corrected chi connectivity index (χ2v) is 4.32. The number of hydrogen-bond donors (Lipinski definition) is 0. The van der Waals surface area contributed by atoms with Crippen LogP contribution in [0.2, 0.25) is 0 Å². The molecule has 2 heterocycles. The number of ether oxygens (including phenoxy) is 1. The Morgan fingerprint density at radius 2 is 1.69 bits per heavy atom. The first kappa shape index (κ1) is 9.44. The van der Waals surface area contributed by atoms with E-state index in [-0.39, 0.29) is 0 Å². The van der Waals surface area contributed by atoms with Crippen LogP contribution in [0, 0.1) is 5.92 Å². The molecule has 0 aromatic rings. The Morgan fingerprint density at radius 1 is 1.08 bits per heavy atom. The van der Waals surface area contributed by atoms with Gasteiger partial charge in [-0.2, -0.15) is 0 Å². The molecule has 76 valence electrons. The Labute approximate surface area is 80.6 Å². The maximum atomic E-state index is 5.31. The third-order valence-electron chi connectivity index (χ3n) is 2.98. The van der Waals surface area contributed by atoms with E-state index in [1.165, 1.54) is 26.2 Å². The average Bonchev–Trinajstić information content (AvgIpc) is 2.12. The van der Waals surface area contributed by atoms with Crippen molar-refractivity contribution in [1.29, 1.82) is 0 Å². The number of nitrogens with zero attached hydrogens (tertiary/aromatic N) is 2. The summed E-state index contributed by atoms with van der Waals surface area (Å²) in [6, 6.07) is 0. The Bertz CT molecular complexity index is 151. The van der Waals surface area contributed by atoms with Crippen molar-refractivity contribution in [3.8, 4) is 0 Å². The SMILES string of the molecule is CC1CN(CCN2CCOCC2)C1. The molecule has 2 rings (SSSR count). The molecule has 0 aliphatic carbocycles. The monoisotopic (exact) mass is 184 g/mol. The molecule has 0 aromatic heterocycles. The van der Waals surface area contributed by atoms with E-state index in [9.17, 15) is 0 Å². The van der Waals surface area contributed by atoms with Crippen LogP contribution in [0.3, 0.4) is 0 Å². The molecule has 3 nitrogen and oxygen atoms in total. The van der Waals surface area contributed by atoms with Gasteiger partial charge in [0.25, 0.3) is 0 Å². The molecule has 13 heavy (non-hydrogen) atoms. The normalized spacial score (nSPS) is 27.5. The van der Waals surface area contributed by atoms with Gasteiger partial charge in [-0.05, 0) is 5.92 Å². The van der Waals surface area contributed by atoms with Crippen LogP contribution in [0.4, 0.5) is 0 Å². The smallest absolute Gasteiger partial charge is 0.0594 e. The van der Waals surface area contributed by atoms with Gasteiger partial charge in [0.2, 0.25) is 0 Å². The van der Waals surface area contributed by atoms with Gasteiger partial charge in [-0.1, -0.05) is 6.92 Å². The molecular formula is C10H20N2O. The minimum Gasteiger partial charge on any atom is -0.379 e. The standard InChI is InChI=1S/C10H20N2O/c1-10-8-12(9-10)3-2-11-4-6-13-7-5-11/h10H,2-9H2,1H3. The summed E-state index contributed by atoms with van der Waals surface area (Å²) in [4.78, 5) is 5.05. The van der Waals surface area contributed by atoms with E-state index < -0.39 is 0 Å². The highest BCUT2D eigenvalue weighted by Crippen LogP contribution is 2.13. The first-order valence-corrected chi connectivity index (χ1v) is 5.37. The minimum atomic E-state index is 0.927. The fourth-order valence-corrected chi connectivity index (χ4v) is 2.12. The maximum Gasteiger partial charge on any atom is 0.0594 e. The zero-order chi connectivity index (χ0) is 9.10. The van der Waals surface area contributed by atoms with Crippen molar-refractivity contribution in [2.24, 2.45) is 5.92 Å². The fraction of sp³-hybridized carbons (Fsp3) is 1.00. The summed E-state index contributed by atoms with van der Waals surface area (Å²) in [7, 11) is 0. The fourth-order valence-electron chi connectivity index (χ4n) is 2.12. The number of morpholine rings is 1. The highest BCUT2D eigenvalue weighted by Gasteiger charge is 2.22. The topological polar surface area (TPSA) is 15.7 Å². The second-order valence-electron chi connectivity index (χ2n) is 4.32. The minimum absolute atomic E-state index is 0.927. The first-order chi connectivity index (χ1) is 6.34. The zero-order valence-electron chi connectivity index (χ0n) is 8.54.